The van der Waals surface area contributed by atoms with E-state index < -0.39 is 0 Å². The van der Waals surface area contributed by atoms with Gasteiger partial charge in [0, 0.05) is 25.6 Å². The van der Waals surface area contributed by atoms with Gasteiger partial charge in [-0.05, 0) is 13.3 Å². The van der Waals surface area contributed by atoms with Crippen LogP contribution in [0.3, 0.4) is 0 Å². The number of aliphatic imine (C=N–C) groups is 1. The Hall–Kier alpha value is -0.0400. The molecule has 0 aromatic heterocycles. The van der Waals surface area contributed by atoms with E-state index in [0.29, 0.717) is 0 Å². The van der Waals surface area contributed by atoms with Crippen molar-refractivity contribution in [1.82, 2.24) is 10.2 Å². The van der Waals surface area contributed by atoms with Gasteiger partial charge in [0.05, 0.1) is 19.8 Å². The molecule has 0 radical (unpaired) electrons. The van der Waals surface area contributed by atoms with Crippen molar-refractivity contribution in [3.63, 3.8) is 0 Å². The van der Waals surface area contributed by atoms with E-state index in [2.05, 4.69) is 38.0 Å². The highest BCUT2D eigenvalue weighted by atomic mass is 127. The summed E-state index contributed by atoms with van der Waals surface area (Å²) in [5.74, 6) is 1.02. The molecule has 18 heavy (non-hydrogen) atoms. The third-order valence-electron chi connectivity index (χ3n) is 3.06. The quantitative estimate of drug-likeness (QED) is 0.444. The van der Waals surface area contributed by atoms with Crippen molar-refractivity contribution in [1.29, 1.82) is 0 Å². The molecule has 0 saturated carbocycles. The summed E-state index contributed by atoms with van der Waals surface area (Å²) in [6.45, 7) is 11.1. The average molecular weight is 369 g/mol. The van der Waals surface area contributed by atoms with Crippen LogP contribution in [0.2, 0.25) is 0 Å². The number of hydrogen-bond acceptors (Lipinski definition) is 2. The molecule has 1 aliphatic rings. The van der Waals surface area contributed by atoms with Crippen LogP contribution in [0, 0.1) is 5.41 Å². The van der Waals surface area contributed by atoms with Crippen LogP contribution < -0.4 is 5.32 Å². The lowest BCUT2D eigenvalue weighted by molar-refractivity contribution is -0.0945. The van der Waals surface area contributed by atoms with Crippen molar-refractivity contribution >= 4 is 29.9 Å². The Kier molecular flexibility index (Phi) is 8.94. The van der Waals surface area contributed by atoms with Crippen LogP contribution in [0.25, 0.3) is 0 Å². The second-order valence-corrected chi connectivity index (χ2v) is 5.25. The molecule has 1 fully saturated rings. The summed E-state index contributed by atoms with van der Waals surface area (Å²) in [6, 6.07) is 0. The normalized spacial score (nSPS) is 17.7. The van der Waals surface area contributed by atoms with Crippen LogP contribution in [-0.4, -0.2) is 50.8 Å². The Morgan fingerprint density at radius 1 is 1.39 bits per heavy atom. The number of halogens is 1. The minimum absolute atomic E-state index is 0. The van der Waals surface area contributed by atoms with Crippen molar-refractivity contribution in [2.45, 2.75) is 33.6 Å². The molecule has 0 bridgehead atoms. The fraction of sp³-hybridized carbons (Fsp3) is 0.923. The Morgan fingerprint density at radius 3 is 2.50 bits per heavy atom. The van der Waals surface area contributed by atoms with Crippen LogP contribution in [0.15, 0.2) is 4.99 Å². The summed E-state index contributed by atoms with van der Waals surface area (Å²) in [5, 5.41) is 3.35. The maximum Gasteiger partial charge on any atom is 0.193 e. The molecule has 0 aromatic carbocycles. The van der Waals surface area contributed by atoms with Crippen molar-refractivity contribution < 1.29 is 4.74 Å². The molecule has 0 amide bonds. The Labute approximate surface area is 129 Å². The molecule has 5 heteroatoms. The van der Waals surface area contributed by atoms with Crippen molar-refractivity contribution in [2.24, 2.45) is 10.4 Å². The van der Waals surface area contributed by atoms with Gasteiger partial charge in [-0.2, -0.15) is 0 Å². The second-order valence-electron chi connectivity index (χ2n) is 5.25. The van der Waals surface area contributed by atoms with Gasteiger partial charge >= 0.3 is 0 Å². The van der Waals surface area contributed by atoms with E-state index in [1.54, 1.807) is 0 Å². The lowest BCUT2D eigenvalue weighted by Crippen LogP contribution is -2.45. The number of nitrogens with one attached hydrogen (secondary N) is 1. The third kappa shape index (κ3) is 5.73. The Balaban J connectivity index is 0.00000289. The molecule has 1 saturated heterocycles. The zero-order chi connectivity index (χ0) is 12.7. The standard InChI is InChI=1S/C13H27N3O.HI/c1-5-7-8-16(4)12(14-6-2)15-9-13(3)10-17-11-13;/h5-11H2,1-4H3,(H,14,15);1H. The van der Waals surface area contributed by atoms with Crippen LogP contribution in [0.4, 0.5) is 0 Å². The molecule has 1 heterocycles. The van der Waals surface area contributed by atoms with Gasteiger partial charge in [-0.3, -0.25) is 4.99 Å². The number of ether oxygens (including phenoxy) is 1. The van der Waals surface area contributed by atoms with E-state index in [0.717, 1.165) is 38.8 Å². The lowest BCUT2D eigenvalue weighted by atomic mass is 9.89. The molecule has 0 aromatic rings. The third-order valence-corrected chi connectivity index (χ3v) is 3.06. The molecular formula is C13H28IN3O. The van der Waals surface area contributed by atoms with E-state index in [4.69, 9.17) is 9.73 Å². The van der Waals surface area contributed by atoms with Gasteiger partial charge < -0.3 is 15.0 Å². The number of rotatable bonds is 6. The largest absolute Gasteiger partial charge is 0.380 e. The molecule has 4 nitrogen and oxygen atoms in total. The maximum absolute atomic E-state index is 5.25. The molecule has 1 rings (SSSR count). The predicted octanol–water partition coefficient (Wildman–Crippen LogP) is 2.34. The number of nitrogens with zero attached hydrogens (tertiary/aromatic N) is 2. The minimum Gasteiger partial charge on any atom is -0.380 e. The van der Waals surface area contributed by atoms with Gasteiger partial charge in [-0.15, -0.1) is 24.0 Å². The first kappa shape index (κ1) is 18.0. The predicted molar refractivity (Wildman–Crippen MR) is 87.9 cm³/mol. The monoisotopic (exact) mass is 369 g/mol. The van der Waals surface area contributed by atoms with Gasteiger partial charge in [-0.25, -0.2) is 0 Å². The Morgan fingerprint density at radius 2 is 2.06 bits per heavy atom. The van der Waals surface area contributed by atoms with Gasteiger partial charge in [-0.1, -0.05) is 20.3 Å². The lowest BCUT2D eigenvalue weighted by Gasteiger charge is -2.37. The highest BCUT2D eigenvalue weighted by molar-refractivity contribution is 14.0. The molecule has 1 N–H and O–H groups in total. The first-order chi connectivity index (χ1) is 8.11. The first-order valence-corrected chi connectivity index (χ1v) is 6.68. The highest BCUT2D eigenvalue weighted by Gasteiger charge is 2.33. The summed E-state index contributed by atoms with van der Waals surface area (Å²) in [5.41, 5.74) is 0.256. The van der Waals surface area contributed by atoms with E-state index in [9.17, 15) is 0 Å². The maximum atomic E-state index is 5.25. The molecule has 108 valence electrons. The minimum atomic E-state index is 0. The van der Waals surface area contributed by atoms with Crippen molar-refractivity contribution in [3.05, 3.63) is 0 Å². The molecular weight excluding hydrogens is 341 g/mol. The molecule has 0 atom stereocenters. The Bertz CT molecular complexity index is 255. The summed E-state index contributed by atoms with van der Waals surface area (Å²) >= 11 is 0. The van der Waals surface area contributed by atoms with E-state index >= 15 is 0 Å². The van der Waals surface area contributed by atoms with Crippen molar-refractivity contribution in [2.75, 3.05) is 39.9 Å². The first-order valence-electron chi connectivity index (χ1n) is 6.68. The summed E-state index contributed by atoms with van der Waals surface area (Å²) in [7, 11) is 2.11. The molecule has 0 unspecified atom stereocenters. The average Bonchev–Trinajstić information content (AvgIpc) is 2.29. The van der Waals surface area contributed by atoms with Crippen LogP contribution in [0.1, 0.15) is 33.6 Å². The SMILES string of the molecule is CCCCN(C)C(=NCC1(C)COC1)NCC.I. The molecule has 0 spiro atoms. The zero-order valence-corrected chi connectivity index (χ0v) is 14.5. The molecule has 0 aliphatic carbocycles. The van der Waals surface area contributed by atoms with Gasteiger partial charge in [0.15, 0.2) is 5.96 Å². The van der Waals surface area contributed by atoms with E-state index in [-0.39, 0.29) is 29.4 Å². The van der Waals surface area contributed by atoms with Gasteiger partial charge in [0.2, 0.25) is 0 Å². The number of guanidine groups is 1. The fourth-order valence-corrected chi connectivity index (χ4v) is 1.78. The zero-order valence-electron chi connectivity index (χ0n) is 12.2. The fourth-order valence-electron chi connectivity index (χ4n) is 1.78. The van der Waals surface area contributed by atoms with Crippen LogP contribution in [-0.2, 0) is 4.74 Å². The van der Waals surface area contributed by atoms with Crippen LogP contribution >= 0.6 is 24.0 Å². The highest BCUT2D eigenvalue weighted by Crippen LogP contribution is 2.26. The summed E-state index contributed by atoms with van der Waals surface area (Å²) < 4.78 is 5.25. The molecule has 1 aliphatic heterocycles. The van der Waals surface area contributed by atoms with Gasteiger partial charge in [0.1, 0.15) is 0 Å². The van der Waals surface area contributed by atoms with E-state index in [1.807, 2.05) is 0 Å². The van der Waals surface area contributed by atoms with Crippen LogP contribution in [0.5, 0.6) is 0 Å². The second kappa shape index (κ2) is 8.96. The number of hydrogen-bond donors (Lipinski definition) is 1. The topological polar surface area (TPSA) is 36.9 Å². The number of unbranched alkanes of at least 4 members (excludes halogenated alkanes) is 1. The smallest absolute Gasteiger partial charge is 0.193 e. The van der Waals surface area contributed by atoms with Crippen molar-refractivity contribution in [3.8, 4) is 0 Å². The summed E-state index contributed by atoms with van der Waals surface area (Å²) in [6.07, 6.45) is 2.43. The van der Waals surface area contributed by atoms with Gasteiger partial charge in [0.25, 0.3) is 0 Å². The van der Waals surface area contributed by atoms with E-state index in [1.165, 1.54) is 12.8 Å². The summed E-state index contributed by atoms with van der Waals surface area (Å²) in [4.78, 5) is 6.93.